The first-order valence-corrected chi connectivity index (χ1v) is 8.18. The molecule has 0 aliphatic rings. The van der Waals surface area contributed by atoms with E-state index in [-0.39, 0.29) is 12.8 Å². The summed E-state index contributed by atoms with van der Waals surface area (Å²) in [7, 11) is 0. The highest BCUT2D eigenvalue weighted by atomic mass is 16.6. The lowest BCUT2D eigenvalue weighted by atomic mass is 9.95. The van der Waals surface area contributed by atoms with Crippen molar-refractivity contribution >= 4 is 29.8 Å². The summed E-state index contributed by atoms with van der Waals surface area (Å²) in [5.41, 5.74) is -2.64. The number of esters is 1. The number of hydrogen-bond donors (Lipinski definition) is 3. The molecule has 0 fully saturated rings. The lowest BCUT2D eigenvalue weighted by molar-refractivity contribution is -0.305. The molecule has 0 aromatic rings. The molecule has 0 atom stereocenters. The van der Waals surface area contributed by atoms with E-state index in [2.05, 4.69) is 0 Å². The molecule has 0 saturated heterocycles. The predicted octanol–water partition coefficient (Wildman–Crippen LogP) is 0.173. The van der Waals surface area contributed by atoms with E-state index >= 15 is 0 Å². The maximum absolute atomic E-state index is 11.8. The van der Waals surface area contributed by atoms with Gasteiger partial charge in [-0.15, -0.1) is 0 Å². The standard InChI is InChI=1S/C16H24O10/c17-11(18)7-5-3-1-2-4-6-8-14(23)26-16(15(24)25,9-12(19)20)10-13(21)22/h1-10H2,(H,17,18)(H,19,20)(H,21,22)(H,24,25)/p-1. The van der Waals surface area contributed by atoms with Gasteiger partial charge in [-0.05, 0) is 19.3 Å². The van der Waals surface area contributed by atoms with Crippen molar-refractivity contribution < 1.29 is 49.1 Å². The summed E-state index contributed by atoms with van der Waals surface area (Å²) < 4.78 is 4.72. The van der Waals surface area contributed by atoms with Crippen molar-refractivity contribution in [3.05, 3.63) is 0 Å². The third kappa shape index (κ3) is 10.3. The summed E-state index contributed by atoms with van der Waals surface area (Å²) >= 11 is 0. The minimum absolute atomic E-state index is 0.00322. The van der Waals surface area contributed by atoms with Crippen LogP contribution in [0.15, 0.2) is 0 Å². The van der Waals surface area contributed by atoms with Crippen LogP contribution < -0.4 is 5.11 Å². The summed E-state index contributed by atoms with van der Waals surface area (Å²) in [5, 5.41) is 37.0. The van der Waals surface area contributed by atoms with Crippen LogP contribution >= 0.6 is 0 Å². The molecule has 0 saturated carbocycles. The van der Waals surface area contributed by atoms with Crippen molar-refractivity contribution in [2.24, 2.45) is 0 Å². The first-order valence-electron chi connectivity index (χ1n) is 8.18. The quantitative estimate of drug-likeness (QED) is 0.264. The molecule has 0 aliphatic heterocycles. The fourth-order valence-electron chi connectivity index (χ4n) is 2.33. The van der Waals surface area contributed by atoms with Gasteiger partial charge in [-0.1, -0.05) is 25.7 Å². The van der Waals surface area contributed by atoms with Crippen LogP contribution in [0.3, 0.4) is 0 Å². The lowest BCUT2D eigenvalue weighted by Crippen LogP contribution is -2.47. The molecule has 0 spiro atoms. The first kappa shape index (κ1) is 23.4. The van der Waals surface area contributed by atoms with E-state index in [1.165, 1.54) is 0 Å². The van der Waals surface area contributed by atoms with Crippen molar-refractivity contribution in [2.45, 2.75) is 69.8 Å². The Balaban J connectivity index is 4.36. The van der Waals surface area contributed by atoms with Crippen molar-refractivity contribution in [3.63, 3.8) is 0 Å². The van der Waals surface area contributed by atoms with Crippen LogP contribution in [0.25, 0.3) is 0 Å². The van der Waals surface area contributed by atoms with Gasteiger partial charge in [0, 0.05) is 12.4 Å². The zero-order valence-electron chi connectivity index (χ0n) is 14.3. The van der Waals surface area contributed by atoms with Crippen LogP contribution in [-0.2, 0) is 28.7 Å². The number of carbonyl (C=O) groups excluding carboxylic acids is 2. The molecule has 26 heavy (non-hydrogen) atoms. The van der Waals surface area contributed by atoms with Crippen LogP contribution in [0.1, 0.15) is 64.2 Å². The summed E-state index contributed by atoms with van der Waals surface area (Å²) in [6, 6.07) is 0. The average molecular weight is 375 g/mol. The zero-order chi connectivity index (χ0) is 20.2. The Morgan fingerprint density at radius 1 is 0.731 bits per heavy atom. The molecule has 0 aliphatic carbocycles. The molecule has 0 aromatic carbocycles. The Kier molecular flexibility index (Phi) is 10.6. The highest BCUT2D eigenvalue weighted by Crippen LogP contribution is 2.23. The van der Waals surface area contributed by atoms with Crippen molar-refractivity contribution in [3.8, 4) is 0 Å². The summed E-state index contributed by atoms with van der Waals surface area (Å²) in [4.78, 5) is 55.0. The number of aliphatic carboxylic acids is 4. The van der Waals surface area contributed by atoms with Gasteiger partial charge in [0.05, 0.1) is 12.8 Å². The number of ether oxygens (including phenoxy) is 1. The fraction of sp³-hybridized carbons (Fsp3) is 0.688. The zero-order valence-corrected chi connectivity index (χ0v) is 14.3. The van der Waals surface area contributed by atoms with Gasteiger partial charge in [-0.2, -0.15) is 0 Å². The number of hydrogen-bond acceptors (Lipinski definition) is 7. The Hall–Kier alpha value is -2.65. The van der Waals surface area contributed by atoms with Crippen LogP contribution in [-0.4, -0.2) is 50.8 Å². The first-order chi connectivity index (χ1) is 12.1. The van der Waals surface area contributed by atoms with Crippen molar-refractivity contribution in [1.29, 1.82) is 0 Å². The van der Waals surface area contributed by atoms with Crippen LogP contribution in [0.5, 0.6) is 0 Å². The minimum Gasteiger partial charge on any atom is -0.550 e. The van der Waals surface area contributed by atoms with Gasteiger partial charge in [0.15, 0.2) is 0 Å². The molecule has 0 rings (SSSR count). The maximum atomic E-state index is 11.8. The SMILES string of the molecule is O=C([O-])CCCCCCCCC(=O)OC(CC(=O)O)(CC(=O)O)C(=O)O. The van der Waals surface area contributed by atoms with Gasteiger partial charge in [0.1, 0.15) is 0 Å². The Morgan fingerprint density at radius 3 is 1.54 bits per heavy atom. The van der Waals surface area contributed by atoms with E-state index < -0.39 is 48.3 Å². The van der Waals surface area contributed by atoms with Gasteiger partial charge in [0.25, 0.3) is 0 Å². The molecule has 0 amide bonds. The summed E-state index contributed by atoms with van der Waals surface area (Å²) in [6.07, 6.45) is 1.19. The number of carboxylic acids is 4. The van der Waals surface area contributed by atoms with Crippen molar-refractivity contribution in [2.75, 3.05) is 0 Å². The molecular formula is C16H23O10-. The number of carboxylic acid groups (broad SMARTS) is 4. The number of carbonyl (C=O) groups is 5. The average Bonchev–Trinajstić information content (AvgIpc) is 2.47. The highest BCUT2D eigenvalue weighted by molar-refractivity contribution is 5.90. The second-order valence-corrected chi connectivity index (χ2v) is 5.91. The summed E-state index contributed by atoms with van der Waals surface area (Å²) in [5.74, 6) is -7.11. The van der Waals surface area contributed by atoms with E-state index in [0.717, 1.165) is 12.8 Å². The minimum atomic E-state index is -2.64. The highest BCUT2D eigenvalue weighted by Gasteiger charge is 2.47. The maximum Gasteiger partial charge on any atom is 0.349 e. The second-order valence-electron chi connectivity index (χ2n) is 5.91. The van der Waals surface area contributed by atoms with Gasteiger partial charge >= 0.3 is 23.9 Å². The molecule has 0 radical (unpaired) electrons. The topological polar surface area (TPSA) is 178 Å². The molecule has 148 valence electrons. The lowest BCUT2D eigenvalue weighted by Gasteiger charge is -2.26. The molecule has 10 nitrogen and oxygen atoms in total. The third-order valence-electron chi connectivity index (χ3n) is 3.58. The molecule has 0 bridgehead atoms. The predicted molar refractivity (Wildman–Crippen MR) is 82.9 cm³/mol. The molecule has 0 unspecified atom stereocenters. The van der Waals surface area contributed by atoms with Crippen LogP contribution in [0, 0.1) is 0 Å². The Morgan fingerprint density at radius 2 is 1.15 bits per heavy atom. The Bertz CT molecular complexity index is 509. The van der Waals surface area contributed by atoms with Gasteiger partial charge in [-0.25, -0.2) is 4.79 Å². The van der Waals surface area contributed by atoms with E-state index in [0.29, 0.717) is 25.7 Å². The molecule has 0 aromatic heterocycles. The van der Waals surface area contributed by atoms with Gasteiger partial charge in [0.2, 0.25) is 5.60 Å². The van der Waals surface area contributed by atoms with Crippen LogP contribution in [0.4, 0.5) is 0 Å². The van der Waals surface area contributed by atoms with E-state index in [9.17, 15) is 29.1 Å². The third-order valence-corrected chi connectivity index (χ3v) is 3.58. The fourth-order valence-corrected chi connectivity index (χ4v) is 2.33. The monoisotopic (exact) mass is 375 g/mol. The molecule has 3 N–H and O–H groups in total. The number of unbranched alkanes of at least 4 members (excludes halogenated alkanes) is 5. The smallest absolute Gasteiger partial charge is 0.349 e. The van der Waals surface area contributed by atoms with Gasteiger partial charge < -0.3 is 30.0 Å². The normalized spacial score (nSPS) is 10.9. The van der Waals surface area contributed by atoms with Gasteiger partial charge in [-0.3, -0.25) is 14.4 Å². The molecule has 10 heteroatoms. The van der Waals surface area contributed by atoms with E-state index in [4.69, 9.17) is 20.1 Å². The summed E-state index contributed by atoms with van der Waals surface area (Å²) in [6.45, 7) is 0. The Labute approximate surface area is 149 Å². The number of rotatable bonds is 15. The van der Waals surface area contributed by atoms with Crippen LogP contribution in [0.2, 0.25) is 0 Å². The molecular weight excluding hydrogens is 352 g/mol. The van der Waals surface area contributed by atoms with E-state index in [1.54, 1.807) is 0 Å². The van der Waals surface area contributed by atoms with Crippen molar-refractivity contribution in [1.82, 2.24) is 0 Å². The largest absolute Gasteiger partial charge is 0.550 e. The molecule has 0 heterocycles. The second kappa shape index (κ2) is 11.8. The van der Waals surface area contributed by atoms with E-state index in [1.807, 2.05) is 0 Å².